The first-order valence-corrected chi connectivity index (χ1v) is 11.6. The first-order chi connectivity index (χ1) is 18.7. The minimum Gasteiger partial charge on any atom is -0.441 e. The lowest BCUT2D eigenvalue weighted by molar-refractivity contribution is 0.102. The van der Waals surface area contributed by atoms with E-state index in [1.807, 2.05) is 6.92 Å². The zero-order valence-electron chi connectivity index (χ0n) is 20.9. The lowest BCUT2D eigenvalue weighted by Gasteiger charge is -2.15. The Morgan fingerprint density at radius 1 is 1.08 bits per heavy atom. The van der Waals surface area contributed by atoms with Gasteiger partial charge in [0.15, 0.2) is 11.5 Å². The van der Waals surface area contributed by atoms with E-state index in [4.69, 9.17) is 4.74 Å². The minimum absolute atomic E-state index is 0.150. The maximum Gasteiger partial charge on any atom is 0.413 e. The predicted octanol–water partition coefficient (Wildman–Crippen LogP) is 4.30. The van der Waals surface area contributed by atoms with Crippen LogP contribution in [0.3, 0.4) is 0 Å². The highest BCUT2D eigenvalue weighted by atomic mass is 19.1. The van der Waals surface area contributed by atoms with Crippen molar-refractivity contribution in [2.24, 2.45) is 7.05 Å². The molecule has 5 rings (SSSR count). The van der Waals surface area contributed by atoms with Crippen LogP contribution < -0.4 is 10.6 Å². The molecule has 14 heteroatoms. The maximum atomic E-state index is 13.9. The Morgan fingerprint density at radius 3 is 2.67 bits per heavy atom. The number of rotatable bonds is 6. The highest BCUT2D eigenvalue weighted by Gasteiger charge is 2.21. The third-order valence-electron chi connectivity index (χ3n) is 5.73. The quantitative estimate of drug-likeness (QED) is 0.273. The molecule has 2 amide bonds. The Balaban J connectivity index is 1.27. The van der Waals surface area contributed by atoms with Crippen LogP contribution >= 0.6 is 0 Å². The number of carbonyl (C=O) groups excluding carboxylic acids is 2. The SMILES string of the molecule is Cc1nc2ccc(C(=O)Nc3ccc(-c4nnn(C)c4NC(=O)O[C@H](C)c4cc(F)cnc4F)nc3)cc2[nH]1. The number of hydrogen-bond donors (Lipinski definition) is 3. The number of halogens is 2. The topological polar surface area (TPSA) is 153 Å². The highest BCUT2D eigenvalue weighted by molar-refractivity contribution is 6.06. The molecule has 0 aliphatic rings. The molecule has 4 heterocycles. The molecule has 39 heavy (non-hydrogen) atoms. The Bertz CT molecular complexity index is 1700. The summed E-state index contributed by atoms with van der Waals surface area (Å²) in [5.41, 5.74) is 2.74. The fourth-order valence-electron chi connectivity index (χ4n) is 3.83. The summed E-state index contributed by atoms with van der Waals surface area (Å²) in [5, 5.41) is 13.2. The molecule has 12 nitrogen and oxygen atoms in total. The van der Waals surface area contributed by atoms with Gasteiger partial charge in [0.2, 0.25) is 5.95 Å². The average molecular weight is 533 g/mol. The van der Waals surface area contributed by atoms with E-state index in [1.165, 1.54) is 24.9 Å². The molecule has 1 aromatic carbocycles. The molecule has 0 spiro atoms. The number of imidazole rings is 1. The van der Waals surface area contributed by atoms with E-state index in [1.54, 1.807) is 30.3 Å². The fraction of sp³-hybridized carbons (Fsp3) is 0.160. The van der Waals surface area contributed by atoms with E-state index < -0.39 is 24.0 Å². The van der Waals surface area contributed by atoms with Crippen LogP contribution in [-0.2, 0) is 11.8 Å². The van der Waals surface area contributed by atoms with Crippen molar-refractivity contribution in [1.82, 2.24) is 34.9 Å². The molecule has 0 aliphatic carbocycles. The number of anilines is 2. The number of amides is 2. The summed E-state index contributed by atoms with van der Waals surface area (Å²) in [6.07, 6.45) is 0.0804. The molecule has 4 aromatic heterocycles. The summed E-state index contributed by atoms with van der Waals surface area (Å²) in [6, 6.07) is 9.26. The molecule has 0 radical (unpaired) electrons. The lowest BCUT2D eigenvalue weighted by Crippen LogP contribution is -2.19. The summed E-state index contributed by atoms with van der Waals surface area (Å²) >= 11 is 0. The van der Waals surface area contributed by atoms with Gasteiger partial charge in [-0.1, -0.05) is 5.21 Å². The number of fused-ring (bicyclic) bond motifs is 1. The summed E-state index contributed by atoms with van der Waals surface area (Å²) in [7, 11) is 1.54. The van der Waals surface area contributed by atoms with Crippen LogP contribution in [0.1, 0.15) is 34.8 Å². The summed E-state index contributed by atoms with van der Waals surface area (Å²) in [6.45, 7) is 3.21. The van der Waals surface area contributed by atoms with Gasteiger partial charge in [-0.15, -0.1) is 5.10 Å². The number of ether oxygens (including phenoxy) is 1. The molecule has 5 aromatic rings. The van der Waals surface area contributed by atoms with E-state index in [0.717, 1.165) is 29.1 Å². The first-order valence-electron chi connectivity index (χ1n) is 11.6. The Labute approximate surface area is 219 Å². The molecule has 0 aliphatic heterocycles. The zero-order valence-corrected chi connectivity index (χ0v) is 20.9. The predicted molar refractivity (Wildman–Crippen MR) is 136 cm³/mol. The van der Waals surface area contributed by atoms with Crippen molar-refractivity contribution in [2.45, 2.75) is 20.0 Å². The van der Waals surface area contributed by atoms with Crippen molar-refractivity contribution in [2.75, 3.05) is 10.6 Å². The smallest absolute Gasteiger partial charge is 0.413 e. The molecule has 1 atom stereocenters. The average Bonchev–Trinajstić information content (AvgIpc) is 3.46. The molecule has 3 N–H and O–H groups in total. The van der Waals surface area contributed by atoms with E-state index in [-0.39, 0.29) is 23.0 Å². The van der Waals surface area contributed by atoms with Crippen molar-refractivity contribution >= 4 is 34.5 Å². The van der Waals surface area contributed by atoms with Gasteiger partial charge in [0.25, 0.3) is 5.91 Å². The molecule has 198 valence electrons. The van der Waals surface area contributed by atoms with Gasteiger partial charge in [-0.3, -0.25) is 15.1 Å². The second kappa shape index (κ2) is 10.2. The molecule has 0 bridgehead atoms. The monoisotopic (exact) mass is 533 g/mol. The largest absolute Gasteiger partial charge is 0.441 e. The minimum atomic E-state index is -1.13. The number of nitrogens with zero attached hydrogens (tertiary/aromatic N) is 6. The van der Waals surface area contributed by atoms with Crippen LogP contribution in [0.25, 0.3) is 22.4 Å². The van der Waals surface area contributed by atoms with E-state index >= 15 is 0 Å². The van der Waals surface area contributed by atoms with Crippen LogP contribution in [0.2, 0.25) is 0 Å². The van der Waals surface area contributed by atoms with Crippen molar-refractivity contribution in [1.29, 1.82) is 0 Å². The second-order valence-electron chi connectivity index (χ2n) is 8.56. The van der Waals surface area contributed by atoms with Crippen LogP contribution in [0.5, 0.6) is 0 Å². The normalized spacial score (nSPS) is 11.8. The van der Waals surface area contributed by atoms with Gasteiger partial charge in [0, 0.05) is 12.6 Å². The number of hydrogen-bond acceptors (Lipinski definition) is 8. The van der Waals surface area contributed by atoms with Gasteiger partial charge in [-0.2, -0.15) is 4.39 Å². The summed E-state index contributed by atoms with van der Waals surface area (Å²) in [4.78, 5) is 40.3. The van der Waals surface area contributed by atoms with Crippen LogP contribution in [0.4, 0.5) is 25.1 Å². The second-order valence-corrected chi connectivity index (χ2v) is 8.56. The Morgan fingerprint density at radius 2 is 1.90 bits per heavy atom. The van der Waals surface area contributed by atoms with Crippen LogP contribution in [0.15, 0.2) is 48.8 Å². The molecular weight excluding hydrogens is 512 g/mol. The fourth-order valence-corrected chi connectivity index (χ4v) is 3.83. The number of aromatic amines is 1. The maximum absolute atomic E-state index is 13.9. The van der Waals surface area contributed by atoms with Gasteiger partial charge in [-0.05, 0) is 50.2 Å². The molecular formula is C25H21F2N9O3. The third-order valence-corrected chi connectivity index (χ3v) is 5.73. The number of nitrogens with one attached hydrogen (secondary N) is 3. The summed E-state index contributed by atoms with van der Waals surface area (Å²) in [5.74, 6) is -1.14. The lowest BCUT2D eigenvalue weighted by atomic mass is 10.2. The van der Waals surface area contributed by atoms with Crippen LogP contribution in [-0.4, -0.2) is 46.9 Å². The van der Waals surface area contributed by atoms with Crippen molar-refractivity contribution in [3.05, 3.63) is 77.5 Å². The Hall–Kier alpha value is -5.27. The van der Waals surface area contributed by atoms with Gasteiger partial charge in [-0.25, -0.2) is 23.8 Å². The Kier molecular flexibility index (Phi) is 6.66. The molecule has 0 fully saturated rings. The van der Waals surface area contributed by atoms with Crippen molar-refractivity contribution in [3.63, 3.8) is 0 Å². The van der Waals surface area contributed by atoms with Crippen LogP contribution in [0, 0.1) is 18.7 Å². The molecule has 0 saturated heterocycles. The first kappa shape index (κ1) is 25.4. The number of aryl methyl sites for hydroxylation is 2. The highest BCUT2D eigenvalue weighted by Crippen LogP contribution is 2.26. The van der Waals surface area contributed by atoms with Crippen molar-refractivity contribution < 1.29 is 23.1 Å². The van der Waals surface area contributed by atoms with Gasteiger partial charge in [0.05, 0.1) is 40.4 Å². The van der Waals surface area contributed by atoms with Crippen molar-refractivity contribution in [3.8, 4) is 11.4 Å². The number of aromatic nitrogens is 7. The number of pyridine rings is 2. The number of carbonyl (C=O) groups is 2. The van der Waals surface area contributed by atoms with Gasteiger partial charge < -0.3 is 15.0 Å². The van der Waals surface area contributed by atoms with Gasteiger partial charge in [0.1, 0.15) is 17.7 Å². The molecule has 0 unspecified atom stereocenters. The number of H-pyrrole nitrogens is 1. The molecule has 0 saturated carbocycles. The zero-order chi connectivity index (χ0) is 27.7. The van der Waals surface area contributed by atoms with E-state index in [9.17, 15) is 18.4 Å². The van der Waals surface area contributed by atoms with Gasteiger partial charge >= 0.3 is 6.09 Å². The number of benzene rings is 1. The van der Waals surface area contributed by atoms with E-state index in [2.05, 4.69) is 40.9 Å². The standard InChI is InChI=1S/C25H21F2N9O3/c1-12(17-9-15(26)10-29-22(17)27)39-25(38)33-23-21(34-35-36(23)3)19-7-5-16(11-28-19)32-24(37)14-4-6-18-20(8-14)31-13(2)30-18/h4-12H,1-3H3,(H,30,31)(H,32,37)(H,33,38)/t12-/m1/s1. The summed E-state index contributed by atoms with van der Waals surface area (Å²) < 4.78 is 33.8. The third kappa shape index (κ3) is 5.39. The van der Waals surface area contributed by atoms with E-state index in [0.29, 0.717) is 16.9 Å².